The highest BCUT2D eigenvalue weighted by atomic mass is 16.5. The third kappa shape index (κ3) is 3.72. The predicted octanol–water partition coefficient (Wildman–Crippen LogP) is 4.23. The second-order valence-electron chi connectivity index (χ2n) is 8.76. The Morgan fingerprint density at radius 3 is 2.31 bits per heavy atom. The number of rotatable bonds is 6. The first kappa shape index (κ1) is 20.2. The molecular formula is C24H25N7O. The van der Waals surface area contributed by atoms with Crippen molar-refractivity contribution in [2.45, 2.75) is 44.9 Å². The van der Waals surface area contributed by atoms with E-state index < -0.39 is 0 Å². The van der Waals surface area contributed by atoms with Crippen LogP contribution >= 0.6 is 0 Å². The fourth-order valence-corrected chi connectivity index (χ4v) is 4.11. The fourth-order valence-electron chi connectivity index (χ4n) is 4.11. The summed E-state index contributed by atoms with van der Waals surface area (Å²) in [5.74, 6) is 2.01. The van der Waals surface area contributed by atoms with Gasteiger partial charge in [0, 0.05) is 36.0 Å². The topological polar surface area (TPSA) is 116 Å². The zero-order valence-corrected chi connectivity index (χ0v) is 18.2. The van der Waals surface area contributed by atoms with Gasteiger partial charge in [0.15, 0.2) is 5.82 Å². The van der Waals surface area contributed by atoms with Gasteiger partial charge in [-0.1, -0.05) is 31.5 Å². The number of hydrogen-bond donors (Lipinski definition) is 1. The molecule has 0 aliphatic heterocycles. The molecule has 4 aromatic rings. The van der Waals surface area contributed by atoms with Crippen molar-refractivity contribution < 1.29 is 4.52 Å². The number of aromatic nitrogens is 6. The van der Waals surface area contributed by atoms with Crippen molar-refractivity contribution in [3.63, 3.8) is 0 Å². The van der Waals surface area contributed by atoms with Crippen LogP contribution in [0, 0.1) is 5.92 Å². The number of nitrogen functional groups attached to an aromatic ring is 1. The maximum absolute atomic E-state index is 5.63. The zero-order chi connectivity index (χ0) is 22.1. The molecule has 0 saturated heterocycles. The molecule has 1 saturated carbocycles. The van der Waals surface area contributed by atoms with E-state index in [1.54, 1.807) is 12.4 Å². The van der Waals surface area contributed by atoms with Crippen LogP contribution in [-0.2, 0) is 11.8 Å². The van der Waals surface area contributed by atoms with E-state index in [2.05, 4.69) is 45.0 Å². The van der Waals surface area contributed by atoms with Gasteiger partial charge in [-0.05, 0) is 48.9 Å². The van der Waals surface area contributed by atoms with Gasteiger partial charge in [-0.2, -0.15) is 4.98 Å². The van der Waals surface area contributed by atoms with Crippen LogP contribution in [0.2, 0.25) is 0 Å². The molecule has 0 bridgehead atoms. The van der Waals surface area contributed by atoms with Gasteiger partial charge in [-0.25, -0.2) is 9.97 Å². The summed E-state index contributed by atoms with van der Waals surface area (Å²) in [6.07, 6.45) is 11.0. The molecule has 1 aliphatic rings. The number of pyridine rings is 2. The molecule has 0 unspecified atom stereocenters. The van der Waals surface area contributed by atoms with Gasteiger partial charge < -0.3 is 10.3 Å². The summed E-state index contributed by atoms with van der Waals surface area (Å²) < 4.78 is 5.63. The van der Waals surface area contributed by atoms with E-state index in [9.17, 15) is 0 Å². The molecule has 0 radical (unpaired) electrons. The normalized spacial score (nSPS) is 15.0. The summed E-state index contributed by atoms with van der Waals surface area (Å²) in [5.41, 5.74) is 9.91. The third-order valence-corrected chi connectivity index (χ3v) is 6.03. The Balaban J connectivity index is 1.40. The lowest BCUT2D eigenvalue weighted by Crippen LogP contribution is -2.36. The molecule has 8 nitrogen and oxygen atoms in total. The van der Waals surface area contributed by atoms with E-state index in [1.807, 2.05) is 30.6 Å². The first-order chi connectivity index (χ1) is 15.5. The van der Waals surface area contributed by atoms with E-state index in [0.717, 1.165) is 53.8 Å². The smallest absolute Gasteiger partial charge is 0.259 e. The van der Waals surface area contributed by atoms with Gasteiger partial charge >= 0.3 is 0 Å². The minimum Gasteiger partial charge on any atom is -0.368 e. The molecule has 8 heteroatoms. The maximum atomic E-state index is 5.63. The van der Waals surface area contributed by atoms with Crippen LogP contribution in [0.25, 0.3) is 22.7 Å². The summed E-state index contributed by atoms with van der Waals surface area (Å²) in [5, 5.41) is 4.35. The highest BCUT2D eigenvalue weighted by molar-refractivity contribution is 5.58. The van der Waals surface area contributed by atoms with Crippen LogP contribution in [0.1, 0.15) is 50.2 Å². The molecular weight excluding hydrogens is 402 g/mol. The molecule has 1 aliphatic carbocycles. The Morgan fingerprint density at radius 1 is 0.938 bits per heavy atom. The van der Waals surface area contributed by atoms with Crippen LogP contribution in [0.15, 0.2) is 53.6 Å². The Hall–Kier alpha value is -3.68. The Labute approximate surface area is 186 Å². The lowest BCUT2D eigenvalue weighted by atomic mass is 9.64. The number of nitrogens with two attached hydrogens (primary N) is 1. The largest absolute Gasteiger partial charge is 0.368 e. The number of anilines is 1. The molecule has 4 heterocycles. The van der Waals surface area contributed by atoms with Gasteiger partial charge in [-0.15, -0.1) is 0 Å². The highest BCUT2D eigenvalue weighted by Crippen LogP contribution is 2.48. The molecule has 4 aromatic heterocycles. The van der Waals surface area contributed by atoms with E-state index >= 15 is 0 Å². The highest BCUT2D eigenvalue weighted by Gasteiger charge is 2.44. The Morgan fingerprint density at radius 2 is 1.72 bits per heavy atom. The van der Waals surface area contributed by atoms with Gasteiger partial charge in [0.1, 0.15) is 0 Å². The fraction of sp³-hybridized carbons (Fsp3) is 0.333. The van der Waals surface area contributed by atoms with Gasteiger partial charge in [0.05, 0.1) is 16.7 Å². The van der Waals surface area contributed by atoms with Crippen molar-refractivity contribution in [2.75, 3.05) is 5.73 Å². The second-order valence-corrected chi connectivity index (χ2v) is 8.76. The van der Waals surface area contributed by atoms with Gasteiger partial charge in [0.25, 0.3) is 5.89 Å². The van der Waals surface area contributed by atoms with E-state index in [0.29, 0.717) is 17.6 Å². The molecule has 32 heavy (non-hydrogen) atoms. The minimum absolute atomic E-state index is 0.247. The standard InChI is InChI=1S/C24H25N7O/c1-15(2)10-19-6-4-16(11-26-19)21-30-22(31-32-21)24(8-3-9-24)18-5-7-20(27-14-18)17-12-28-23(25)29-13-17/h4-7,11-15H,3,8-10H2,1-2H3,(H2,25,28,29). The first-order valence-electron chi connectivity index (χ1n) is 10.9. The molecule has 1 fully saturated rings. The average molecular weight is 428 g/mol. The number of hydrogen-bond acceptors (Lipinski definition) is 8. The third-order valence-electron chi connectivity index (χ3n) is 6.03. The monoisotopic (exact) mass is 427 g/mol. The maximum Gasteiger partial charge on any atom is 0.259 e. The second kappa shape index (κ2) is 8.11. The lowest BCUT2D eigenvalue weighted by Gasteiger charge is -2.39. The molecule has 5 rings (SSSR count). The molecule has 0 spiro atoms. The molecule has 0 amide bonds. The van der Waals surface area contributed by atoms with Crippen LogP contribution in [0.4, 0.5) is 5.95 Å². The van der Waals surface area contributed by atoms with Gasteiger partial charge in [0.2, 0.25) is 5.95 Å². The number of nitrogens with zero attached hydrogens (tertiary/aromatic N) is 6. The lowest BCUT2D eigenvalue weighted by molar-refractivity contribution is 0.272. The summed E-state index contributed by atoms with van der Waals surface area (Å²) in [7, 11) is 0. The predicted molar refractivity (Wildman–Crippen MR) is 120 cm³/mol. The molecule has 0 atom stereocenters. The summed E-state index contributed by atoms with van der Waals surface area (Å²) in [4.78, 5) is 22.0. The zero-order valence-electron chi connectivity index (χ0n) is 18.2. The van der Waals surface area contributed by atoms with Crippen LogP contribution in [0.3, 0.4) is 0 Å². The molecule has 162 valence electrons. The average Bonchev–Trinajstić information content (AvgIpc) is 3.24. The summed E-state index contributed by atoms with van der Waals surface area (Å²) >= 11 is 0. The van der Waals surface area contributed by atoms with E-state index in [1.165, 1.54) is 0 Å². The molecule has 2 N–H and O–H groups in total. The Bertz CT molecular complexity index is 1190. The van der Waals surface area contributed by atoms with Crippen LogP contribution < -0.4 is 5.73 Å². The van der Waals surface area contributed by atoms with Crippen molar-refractivity contribution in [3.8, 4) is 22.7 Å². The van der Waals surface area contributed by atoms with Crippen LogP contribution in [-0.4, -0.2) is 30.1 Å². The quantitative estimate of drug-likeness (QED) is 0.486. The van der Waals surface area contributed by atoms with Gasteiger partial charge in [-0.3, -0.25) is 9.97 Å². The van der Waals surface area contributed by atoms with E-state index in [4.69, 9.17) is 15.2 Å². The van der Waals surface area contributed by atoms with Crippen molar-refractivity contribution in [3.05, 3.63) is 66.1 Å². The first-order valence-corrected chi connectivity index (χ1v) is 10.9. The van der Waals surface area contributed by atoms with Crippen LogP contribution in [0.5, 0.6) is 0 Å². The van der Waals surface area contributed by atoms with Crippen molar-refractivity contribution in [1.82, 2.24) is 30.1 Å². The van der Waals surface area contributed by atoms with Crippen molar-refractivity contribution in [2.24, 2.45) is 5.92 Å². The molecule has 0 aromatic carbocycles. The minimum atomic E-state index is -0.268. The van der Waals surface area contributed by atoms with E-state index in [-0.39, 0.29) is 11.4 Å². The van der Waals surface area contributed by atoms with Crippen molar-refractivity contribution in [1.29, 1.82) is 0 Å². The van der Waals surface area contributed by atoms with Crippen molar-refractivity contribution >= 4 is 5.95 Å². The Kier molecular flexibility index (Phi) is 5.13. The summed E-state index contributed by atoms with van der Waals surface area (Å²) in [6.45, 7) is 4.37. The SMILES string of the molecule is CC(C)Cc1ccc(-c2nc(C3(c4ccc(-c5cnc(N)nc5)nc4)CCC3)no2)cn1. The summed E-state index contributed by atoms with van der Waals surface area (Å²) in [6, 6.07) is 8.08.